The van der Waals surface area contributed by atoms with Crippen LogP contribution in [0.1, 0.15) is 37.0 Å². The minimum atomic E-state index is -0.335. The summed E-state index contributed by atoms with van der Waals surface area (Å²) in [7, 11) is 0. The van der Waals surface area contributed by atoms with Gasteiger partial charge in [0.15, 0.2) is 5.78 Å². The van der Waals surface area contributed by atoms with Crippen LogP contribution in [-0.2, 0) is 4.79 Å². The van der Waals surface area contributed by atoms with E-state index in [1.165, 1.54) is 11.8 Å². The molecular formula is C16H24Cl2N2O2S. The second-order valence-electron chi connectivity index (χ2n) is 5.16. The van der Waals surface area contributed by atoms with Gasteiger partial charge in [-0.1, -0.05) is 25.4 Å². The zero-order valence-electron chi connectivity index (χ0n) is 13.4. The van der Waals surface area contributed by atoms with E-state index >= 15 is 0 Å². The van der Waals surface area contributed by atoms with E-state index in [4.69, 9.17) is 17.3 Å². The molecule has 0 aliphatic carbocycles. The fourth-order valence-corrected chi connectivity index (χ4v) is 2.89. The maximum absolute atomic E-state index is 12.0. The van der Waals surface area contributed by atoms with Crippen LogP contribution in [0.4, 0.5) is 0 Å². The number of benzene rings is 1. The number of nitrogens with two attached hydrogens (primary N) is 1. The molecule has 0 unspecified atom stereocenters. The number of thioether (sulfide) groups is 1. The molecule has 0 heterocycles. The summed E-state index contributed by atoms with van der Waals surface area (Å²) in [5, 5.41) is 3.58. The lowest BCUT2D eigenvalue weighted by molar-refractivity contribution is -0.120. The maximum atomic E-state index is 12.0. The van der Waals surface area contributed by atoms with E-state index in [0.717, 1.165) is 12.8 Å². The van der Waals surface area contributed by atoms with E-state index in [2.05, 4.69) is 5.32 Å². The first kappa shape index (κ1) is 22.2. The Hall–Kier alpha value is -0.750. The Morgan fingerprint density at radius 2 is 1.74 bits per heavy atom. The molecule has 0 saturated carbocycles. The number of rotatable bonds is 9. The van der Waals surface area contributed by atoms with Gasteiger partial charge >= 0.3 is 0 Å². The third-order valence-corrected chi connectivity index (χ3v) is 4.97. The lowest BCUT2D eigenvalue weighted by atomic mass is 9.93. The molecule has 0 aliphatic rings. The maximum Gasteiger partial charge on any atom is 0.230 e. The van der Waals surface area contributed by atoms with Crippen molar-refractivity contribution in [1.82, 2.24) is 5.32 Å². The quantitative estimate of drug-likeness (QED) is 0.646. The van der Waals surface area contributed by atoms with Crippen LogP contribution in [0.3, 0.4) is 0 Å². The van der Waals surface area contributed by atoms with Crippen molar-refractivity contribution in [3.8, 4) is 0 Å². The van der Waals surface area contributed by atoms with Crippen LogP contribution >= 0.6 is 35.8 Å². The Morgan fingerprint density at radius 3 is 2.22 bits per heavy atom. The highest BCUT2D eigenvalue weighted by atomic mass is 35.5. The molecule has 0 fully saturated rings. The van der Waals surface area contributed by atoms with Gasteiger partial charge in [0.25, 0.3) is 0 Å². The molecule has 1 amide bonds. The van der Waals surface area contributed by atoms with Gasteiger partial charge in [-0.05, 0) is 37.1 Å². The van der Waals surface area contributed by atoms with Crippen molar-refractivity contribution >= 4 is 47.5 Å². The number of carbonyl (C=O) groups is 2. The first-order valence-corrected chi connectivity index (χ1v) is 8.87. The van der Waals surface area contributed by atoms with Gasteiger partial charge < -0.3 is 11.1 Å². The highest BCUT2D eigenvalue weighted by molar-refractivity contribution is 8.00. The molecule has 0 aromatic heterocycles. The van der Waals surface area contributed by atoms with Crippen molar-refractivity contribution in [1.29, 1.82) is 0 Å². The summed E-state index contributed by atoms with van der Waals surface area (Å²) < 4.78 is 0. The molecule has 23 heavy (non-hydrogen) atoms. The van der Waals surface area contributed by atoms with E-state index in [1.807, 2.05) is 13.8 Å². The van der Waals surface area contributed by atoms with Gasteiger partial charge in [-0.25, -0.2) is 0 Å². The van der Waals surface area contributed by atoms with Gasteiger partial charge in [-0.3, -0.25) is 9.59 Å². The Balaban J connectivity index is 0.00000484. The van der Waals surface area contributed by atoms with Crippen molar-refractivity contribution in [2.45, 2.75) is 32.2 Å². The highest BCUT2D eigenvalue weighted by Gasteiger charge is 2.26. The second-order valence-corrected chi connectivity index (χ2v) is 6.58. The molecule has 1 rings (SSSR count). The van der Waals surface area contributed by atoms with Crippen molar-refractivity contribution in [3.63, 3.8) is 0 Å². The largest absolute Gasteiger partial charge is 0.349 e. The van der Waals surface area contributed by atoms with Crippen LogP contribution in [0.2, 0.25) is 5.02 Å². The molecule has 4 nitrogen and oxygen atoms in total. The third kappa shape index (κ3) is 7.12. The first-order chi connectivity index (χ1) is 10.5. The molecule has 0 saturated heterocycles. The van der Waals surface area contributed by atoms with E-state index < -0.39 is 0 Å². The lowest BCUT2D eigenvalue weighted by Gasteiger charge is -2.31. The normalized spacial score (nSPS) is 10.8. The summed E-state index contributed by atoms with van der Waals surface area (Å²) in [4.78, 5) is 24.0. The molecule has 130 valence electrons. The lowest BCUT2D eigenvalue weighted by Crippen LogP contribution is -2.53. The number of hydrogen-bond acceptors (Lipinski definition) is 4. The fourth-order valence-electron chi connectivity index (χ4n) is 2.05. The van der Waals surface area contributed by atoms with Crippen LogP contribution in [0, 0.1) is 0 Å². The van der Waals surface area contributed by atoms with Crippen LogP contribution in [0.25, 0.3) is 0 Å². The van der Waals surface area contributed by atoms with E-state index in [1.54, 1.807) is 24.3 Å². The topological polar surface area (TPSA) is 72.2 Å². The summed E-state index contributed by atoms with van der Waals surface area (Å²) in [5.74, 6) is 0.429. The smallest absolute Gasteiger partial charge is 0.230 e. The zero-order chi connectivity index (χ0) is 16.6. The van der Waals surface area contributed by atoms with Crippen molar-refractivity contribution in [2.75, 3.05) is 18.1 Å². The van der Waals surface area contributed by atoms with Gasteiger partial charge in [-0.15, -0.1) is 24.2 Å². The molecular weight excluding hydrogens is 355 g/mol. The average Bonchev–Trinajstić information content (AvgIpc) is 2.53. The van der Waals surface area contributed by atoms with E-state index in [-0.39, 0.29) is 41.1 Å². The van der Waals surface area contributed by atoms with E-state index in [9.17, 15) is 9.59 Å². The summed E-state index contributed by atoms with van der Waals surface area (Å²) in [6, 6.07) is 6.76. The monoisotopic (exact) mass is 378 g/mol. The molecule has 0 radical (unpaired) electrons. The van der Waals surface area contributed by atoms with Crippen molar-refractivity contribution in [3.05, 3.63) is 34.9 Å². The van der Waals surface area contributed by atoms with Gasteiger partial charge in [0.2, 0.25) is 5.91 Å². The number of halogens is 2. The van der Waals surface area contributed by atoms with Crippen LogP contribution in [-0.4, -0.2) is 35.3 Å². The molecule has 1 aromatic rings. The number of ketones is 1. The van der Waals surface area contributed by atoms with Crippen LogP contribution < -0.4 is 11.1 Å². The van der Waals surface area contributed by atoms with Crippen LogP contribution in [0.5, 0.6) is 0 Å². The second kappa shape index (κ2) is 10.9. The highest BCUT2D eigenvalue weighted by Crippen LogP contribution is 2.15. The molecule has 0 spiro atoms. The molecule has 0 bridgehead atoms. The Bertz CT molecular complexity index is 497. The third-order valence-electron chi connectivity index (χ3n) is 3.78. The zero-order valence-corrected chi connectivity index (χ0v) is 15.8. The number of carbonyl (C=O) groups excluding carboxylic acids is 2. The Morgan fingerprint density at radius 1 is 1.17 bits per heavy atom. The van der Waals surface area contributed by atoms with Gasteiger partial charge in [0, 0.05) is 17.1 Å². The fraction of sp³-hybridized carbons (Fsp3) is 0.500. The number of nitrogens with one attached hydrogen (secondary N) is 1. The Kier molecular flexibility index (Phi) is 10.6. The predicted octanol–water partition coefficient (Wildman–Crippen LogP) is 3.31. The van der Waals surface area contributed by atoms with Crippen molar-refractivity contribution in [2.24, 2.45) is 5.73 Å². The molecule has 0 aliphatic heterocycles. The number of Topliss-reactive ketones (excluding diaryl/α,β-unsaturated/α-hetero) is 1. The van der Waals surface area contributed by atoms with Gasteiger partial charge in [0.1, 0.15) is 0 Å². The summed E-state index contributed by atoms with van der Waals surface area (Å²) >= 11 is 7.09. The SMILES string of the molecule is CCC(CC)(CN)NC(=O)CSCC(=O)c1ccc(Cl)cc1.Cl. The first-order valence-electron chi connectivity index (χ1n) is 7.34. The molecule has 7 heteroatoms. The predicted molar refractivity (Wildman–Crippen MR) is 101 cm³/mol. The van der Waals surface area contributed by atoms with E-state index in [0.29, 0.717) is 17.1 Å². The number of amides is 1. The van der Waals surface area contributed by atoms with Crippen molar-refractivity contribution < 1.29 is 9.59 Å². The van der Waals surface area contributed by atoms with Gasteiger partial charge in [-0.2, -0.15) is 0 Å². The summed E-state index contributed by atoms with van der Waals surface area (Å²) in [5.41, 5.74) is 6.03. The molecule has 0 atom stereocenters. The minimum absolute atomic E-state index is 0. The molecule has 1 aromatic carbocycles. The standard InChI is InChI=1S/C16H23ClN2O2S.ClH/c1-3-16(4-2,11-18)19-15(21)10-22-9-14(20)12-5-7-13(17)8-6-12;/h5-8H,3-4,9-11,18H2,1-2H3,(H,19,21);1H. The Labute approximate surface area is 153 Å². The molecule has 3 N–H and O–H groups in total. The summed E-state index contributed by atoms with van der Waals surface area (Å²) in [6.07, 6.45) is 1.58. The summed E-state index contributed by atoms with van der Waals surface area (Å²) in [6.45, 7) is 4.43. The van der Waals surface area contributed by atoms with Gasteiger partial charge in [0.05, 0.1) is 17.0 Å². The average molecular weight is 379 g/mol. The minimum Gasteiger partial charge on any atom is -0.349 e. The van der Waals surface area contributed by atoms with Crippen LogP contribution in [0.15, 0.2) is 24.3 Å². The number of hydrogen-bond donors (Lipinski definition) is 2.